The van der Waals surface area contributed by atoms with Crippen molar-refractivity contribution in [1.29, 1.82) is 0 Å². The van der Waals surface area contributed by atoms with Crippen LogP contribution in [0, 0.1) is 0 Å². The summed E-state index contributed by atoms with van der Waals surface area (Å²) in [6, 6.07) is 8.06. The van der Waals surface area contributed by atoms with Crippen molar-refractivity contribution >= 4 is 29.7 Å². The molecule has 25 heavy (non-hydrogen) atoms. The highest BCUT2D eigenvalue weighted by Gasteiger charge is 2.36. The van der Waals surface area contributed by atoms with Crippen LogP contribution in [0.15, 0.2) is 41.6 Å². The van der Waals surface area contributed by atoms with Gasteiger partial charge in [0.2, 0.25) is 0 Å². The SMILES string of the molecule is CCOC(=O)C1=C(CSCC(=O)[O-])N(C)C(=O)NC1c1ccccc1. The average Bonchev–Trinajstić information content (AvgIpc) is 2.59. The van der Waals surface area contributed by atoms with Crippen molar-refractivity contribution in [3.05, 3.63) is 47.2 Å². The maximum Gasteiger partial charge on any atom is 0.338 e. The molecule has 0 aromatic heterocycles. The van der Waals surface area contributed by atoms with Crippen LogP contribution < -0.4 is 10.4 Å². The first-order valence-electron chi connectivity index (χ1n) is 7.72. The van der Waals surface area contributed by atoms with Gasteiger partial charge in [0.05, 0.1) is 24.2 Å². The molecule has 1 aromatic rings. The molecule has 0 bridgehead atoms. The Morgan fingerprint density at radius 2 is 2.00 bits per heavy atom. The van der Waals surface area contributed by atoms with Gasteiger partial charge in [-0.3, -0.25) is 4.90 Å². The summed E-state index contributed by atoms with van der Waals surface area (Å²) in [6.07, 6.45) is 0. The number of ether oxygens (including phenoxy) is 1. The molecule has 0 saturated heterocycles. The number of urea groups is 1. The van der Waals surface area contributed by atoms with Gasteiger partial charge in [-0.2, -0.15) is 0 Å². The number of hydrogen-bond donors (Lipinski definition) is 1. The van der Waals surface area contributed by atoms with Gasteiger partial charge in [-0.1, -0.05) is 30.3 Å². The molecule has 1 aliphatic heterocycles. The third-order valence-electron chi connectivity index (χ3n) is 3.66. The number of carbonyl (C=O) groups excluding carboxylic acids is 3. The van der Waals surface area contributed by atoms with E-state index in [1.54, 1.807) is 19.1 Å². The van der Waals surface area contributed by atoms with Crippen LogP contribution in [0.1, 0.15) is 18.5 Å². The molecule has 0 fully saturated rings. The Kier molecular flexibility index (Phi) is 6.46. The Hall–Kier alpha value is -2.48. The molecule has 7 nitrogen and oxygen atoms in total. The van der Waals surface area contributed by atoms with Crippen molar-refractivity contribution in [3.63, 3.8) is 0 Å². The number of carbonyl (C=O) groups is 3. The molecule has 134 valence electrons. The highest BCUT2D eigenvalue weighted by atomic mass is 32.2. The molecular weight excluding hydrogens is 344 g/mol. The fourth-order valence-electron chi connectivity index (χ4n) is 2.51. The second-order valence-electron chi connectivity index (χ2n) is 5.30. The molecule has 2 amide bonds. The zero-order valence-electron chi connectivity index (χ0n) is 14.0. The summed E-state index contributed by atoms with van der Waals surface area (Å²) in [4.78, 5) is 36.8. The van der Waals surface area contributed by atoms with Crippen molar-refractivity contribution in [2.24, 2.45) is 0 Å². The van der Waals surface area contributed by atoms with Crippen LogP contribution in [0.5, 0.6) is 0 Å². The summed E-state index contributed by atoms with van der Waals surface area (Å²) in [5.74, 6) is -1.79. The van der Waals surface area contributed by atoms with E-state index in [0.717, 1.165) is 17.3 Å². The number of nitrogens with one attached hydrogen (secondary N) is 1. The lowest BCUT2D eigenvalue weighted by atomic mass is 9.95. The van der Waals surface area contributed by atoms with E-state index in [2.05, 4.69) is 5.32 Å². The topological polar surface area (TPSA) is 98.8 Å². The molecule has 1 aromatic carbocycles. The lowest BCUT2D eigenvalue weighted by Gasteiger charge is -2.34. The zero-order valence-corrected chi connectivity index (χ0v) is 14.8. The van der Waals surface area contributed by atoms with E-state index < -0.39 is 18.0 Å². The third kappa shape index (κ3) is 4.54. The van der Waals surface area contributed by atoms with Gasteiger partial charge < -0.3 is 20.0 Å². The summed E-state index contributed by atoms with van der Waals surface area (Å²) < 4.78 is 5.16. The van der Waals surface area contributed by atoms with Gasteiger partial charge in [0.1, 0.15) is 0 Å². The fourth-order valence-corrected chi connectivity index (χ4v) is 3.32. The van der Waals surface area contributed by atoms with Crippen molar-refractivity contribution < 1.29 is 24.2 Å². The molecule has 1 aliphatic rings. The maximum absolute atomic E-state index is 12.5. The molecule has 0 radical (unpaired) electrons. The zero-order chi connectivity index (χ0) is 18.4. The van der Waals surface area contributed by atoms with Crippen LogP contribution in [-0.2, 0) is 14.3 Å². The summed E-state index contributed by atoms with van der Waals surface area (Å²) in [7, 11) is 1.53. The number of esters is 1. The highest BCUT2D eigenvalue weighted by molar-refractivity contribution is 8.00. The average molecular weight is 363 g/mol. The van der Waals surface area contributed by atoms with Crippen molar-refractivity contribution in [3.8, 4) is 0 Å². The predicted molar refractivity (Wildman–Crippen MR) is 91.5 cm³/mol. The molecule has 0 aliphatic carbocycles. The second-order valence-corrected chi connectivity index (χ2v) is 6.28. The molecule has 1 atom stereocenters. The minimum absolute atomic E-state index is 0.176. The number of hydrogen-bond acceptors (Lipinski definition) is 6. The van der Waals surface area contributed by atoms with Gasteiger partial charge in [0, 0.05) is 24.3 Å². The van der Waals surface area contributed by atoms with Gasteiger partial charge in [0.15, 0.2) is 0 Å². The molecule has 0 saturated carbocycles. The molecular formula is C17H19N2O5S-. The van der Waals surface area contributed by atoms with Gasteiger partial charge in [-0.05, 0) is 12.5 Å². The summed E-state index contributed by atoms with van der Waals surface area (Å²) >= 11 is 1.06. The third-order valence-corrected chi connectivity index (χ3v) is 4.58. The lowest BCUT2D eigenvalue weighted by molar-refractivity contribution is -0.301. The number of thioether (sulfide) groups is 1. The van der Waals surface area contributed by atoms with Gasteiger partial charge in [-0.25, -0.2) is 9.59 Å². The second kappa shape index (κ2) is 8.57. The maximum atomic E-state index is 12.5. The molecule has 0 spiro atoms. The number of aliphatic carboxylic acids is 1. The van der Waals surface area contributed by atoms with E-state index in [0.29, 0.717) is 11.3 Å². The number of carboxylic acids is 1. The molecule has 2 rings (SSSR count). The Morgan fingerprint density at radius 3 is 2.60 bits per heavy atom. The predicted octanol–water partition coefficient (Wildman–Crippen LogP) is 0.683. The van der Waals surface area contributed by atoms with Crippen LogP contribution in [0.2, 0.25) is 0 Å². The molecule has 1 N–H and O–H groups in total. The molecule has 1 unspecified atom stereocenters. The largest absolute Gasteiger partial charge is 0.549 e. The minimum Gasteiger partial charge on any atom is -0.549 e. The number of amides is 2. The lowest BCUT2D eigenvalue weighted by Crippen LogP contribution is -2.47. The van der Waals surface area contributed by atoms with E-state index in [-0.39, 0.29) is 24.1 Å². The number of carboxylic acid groups (broad SMARTS) is 1. The standard InChI is InChI=1S/C17H20N2O5S/c1-3-24-16(22)14-12(9-25-10-13(20)21)19(2)17(23)18-15(14)11-7-5-4-6-8-11/h4-8,15H,3,9-10H2,1-2H3,(H,18,23)(H,20,21)/p-1. The van der Waals surface area contributed by atoms with E-state index in [1.807, 2.05) is 18.2 Å². The van der Waals surface area contributed by atoms with Crippen LogP contribution in [-0.4, -0.2) is 48.0 Å². The van der Waals surface area contributed by atoms with Crippen molar-refractivity contribution in [2.45, 2.75) is 13.0 Å². The minimum atomic E-state index is -1.20. The van der Waals surface area contributed by atoms with Crippen LogP contribution in [0.25, 0.3) is 0 Å². The van der Waals surface area contributed by atoms with Gasteiger partial charge in [-0.15, -0.1) is 11.8 Å². The summed E-state index contributed by atoms with van der Waals surface area (Å²) in [5.41, 5.74) is 1.48. The van der Waals surface area contributed by atoms with Crippen LogP contribution >= 0.6 is 11.8 Å². The Bertz CT molecular complexity index is 690. The summed E-state index contributed by atoms with van der Waals surface area (Å²) in [6.45, 7) is 1.90. The number of benzene rings is 1. The van der Waals surface area contributed by atoms with Crippen molar-refractivity contribution in [1.82, 2.24) is 10.2 Å². The van der Waals surface area contributed by atoms with Crippen LogP contribution in [0.3, 0.4) is 0 Å². The fraction of sp³-hybridized carbons (Fsp3) is 0.353. The molecule has 1 heterocycles. The number of nitrogens with zero attached hydrogens (tertiary/aromatic N) is 1. The normalized spacial score (nSPS) is 17.3. The first-order valence-corrected chi connectivity index (χ1v) is 8.88. The number of rotatable bonds is 7. The summed E-state index contributed by atoms with van der Waals surface area (Å²) in [5, 5.41) is 13.4. The monoisotopic (exact) mass is 363 g/mol. The smallest absolute Gasteiger partial charge is 0.338 e. The Balaban J connectivity index is 2.46. The van der Waals surface area contributed by atoms with E-state index in [4.69, 9.17) is 4.74 Å². The highest BCUT2D eigenvalue weighted by Crippen LogP contribution is 2.32. The Labute approximate surface area is 150 Å². The van der Waals surface area contributed by atoms with E-state index in [1.165, 1.54) is 11.9 Å². The van der Waals surface area contributed by atoms with E-state index in [9.17, 15) is 19.5 Å². The van der Waals surface area contributed by atoms with Gasteiger partial charge in [0.25, 0.3) is 0 Å². The Morgan fingerprint density at radius 1 is 1.32 bits per heavy atom. The van der Waals surface area contributed by atoms with Crippen LogP contribution in [0.4, 0.5) is 4.79 Å². The molecule has 8 heteroatoms. The van der Waals surface area contributed by atoms with E-state index >= 15 is 0 Å². The quantitative estimate of drug-likeness (QED) is 0.716. The van der Waals surface area contributed by atoms with Crippen molar-refractivity contribution in [2.75, 3.05) is 25.2 Å². The first-order chi connectivity index (χ1) is 12.0. The first kappa shape index (κ1) is 18.9. The van der Waals surface area contributed by atoms with Gasteiger partial charge >= 0.3 is 12.0 Å².